The fourth-order valence-corrected chi connectivity index (χ4v) is 3.70. The van der Waals surface area contributed by atoms with Crippen LogP contribution < -0.4 is 10.3 Å². The molecule has 0 aliphatic heterocycles. The number of hydrogen-bond donors (Lipinski definition) is 0. The lowest BCUT2D eigenvalue weighted by Gasteiger charge is -2.16. The van der Waals surface area contributed by atoms with Crippen LogP contribution in [-0.4, -0.2) is 16.7 Å². The number of thioether (sulfide) groups is 1. The second-order valence-electron chi connectivity index (χ2n) is 5.94. The summed E-state index contributed by atoms with van der Waals surface area (Å²) in [5, 5.41) is 1.24. The Morgan fingerprint density at radius 1 is 1.24 bits per heavy atom. The van der Waals surface area contributed by atoms with Crippen molar-refractivity contribution in [1.82, 2.24) is 9.55 Å². The molecule has 25 heavy (non-hydrogen) atoms. The molecule has 0 amide bonds. The molecule has 0 radical (unpaired) electrons. The molecule has 0 saturated carbocycles. The summed E-state index contributed by atoms with van der Waals surface area (Å²) in [6.07, 6.45) is 0. The van der Waals surface area contributed by atoms with Gasteiger partial charge in [0.2, 0.25) is 0 Å². The molecule has 0 atom stereocenters. The summed E-state index contributed by atoms with van der Waals surface area (Å²) in [6, 6.07) is 12.2. The van der Waals surface area contributed by atoms with E-state index in [9.17, 15) is 9.18 Å². The summed E-state index contributed by atoms with van der Waals surface area (Å²) in [5.74, 6) is 0.336. The summed E-state index contributed by atoms with van der Waals surface area (Å²) >= 11 is 1.42. The van der Waals surface area contributed by atoms with Crippen LogP contribution in [0.5, 0.6) is 5.75 Å². The summed E-state index contributed by atoms with van der Waals surface area (Å²) in [4.78, 5) is 17.4. The normalized spacial score (nSPS) is 11.2. The summed E-state index contributed by atoms with van der Waals surface area (Å²) in [7, 11) is 1.44. The summed E-state index contributed by atoms with van der Waals surface area (Å²) < 4.78 is 20.5. The smallest absolute Gasteiger partial charge is 0.262 e. The summed E-state index contributed by atoms with van der Waals surface area (Å²) in [5.41, 5.74) is 1.43. The molecule has 6 heteroatoms. The van der Waals surface area contributed by atoms with Gasteiger partial charge in [0.15, 0.2) is 16.7 Å². The molecule has 0 saturated heterocycles. The molecular weight excluding hydrogens is 339 g/mol. The fourth-order valence-electron chi connectivity index (χ4n) is 2.63. The van der Waals surface area contributed by atoms with Crippen molar-refractivity contribution in [3.63, 3.8) is 0 Å². The number of nitrogens with zero attached hydrogens (tertiary/aromatic N) is 2. The largest absolute Gasteiger partial charge is 0.494 e. The van der Waals surface area contributed by atoms with Gasteiger partial charge in [0.1, 0.15) is 0 Å². The average molecular weight is 358 g/mol. The highest BCUT2D eigenvalue weighted by Gasteiger charge is 2.14. The van der Waals surface area contributed by atoms with Crippen molar-refractivity contribution in [3.8, 4) is 5.75 Å². The van der Waals surface area contributed by atoms with Crippen molar-refractivity contribution in [2.75, 3.05) is 7.11 Å². The van der Waals surface area contributed by atoms with Crippen LogP contribution in [0.25, 0.3) is 10.9 Å². The zero-order chi connectivity index (χ0) is 18.0. The summed E-state index contributed by atoms with van der Waals surface area (Å²) in [6.45, 7) is 3.91. The number of aromatic nitrogens is 2. The van der Waals surface area contributed by atoms with E-state index in [1.165, 1.54) is 24.9 Å². The van der Waals surface area contributed by atoms with Crippen molar-refractivity contribution in [2.45, 2.75) is 30.8 Å². The van der Waals surface area contributed by atoms with Gasteiger partial charge in [-0.1, -0.05) is 30.0 Å². The molecule has 0 aliphatic rings. The Morgan fingerprint density at radius 3 is 2.68 bits per heavy atom. The third-order valence-electron chi connectivity index (χ3n) is 3.88. The van der Waals surface area contributed by atoms with Gasteiger partial charge in [-0.3, -0.25) is 9.36 Å². The molecule has 1 aromatic heterocycles. The predicted octanol–water partition coefficient (Wildman–Crippen LogP) is 4.42. The third kappa shape index (κ3) is 3.54. The van der Waals surface area contributed by atoms with Crippen LogP contribution in [0.3, 0.4) is 0 Å². The first-order valence-corrected chi connectivity index (χ1v) is 8.96. The van der Waals surface area contributed by atoms with Crippen LogP contribution in [0.1, 0.15) is 25.5 Å². The zero-order valence-electron chi connectivity index (χ0n) is 14.3. The van der Waals surface area contributed by atoms with Crippen LogP contribution in [0.4, 0.5) is 4.39 Å². The first-order valence-electron chi connectivity index (χ1n) is 7.97. The Morgan fingerprint density at radius 2 is 2.00 bits per heavy atom. The van der Waals surface area contributed by atoms with Crippen LogP contribution >= 0.6 is 11.8 Å². The van der Waals surface area contributed by atoms with Crippen molar-refractivity contribution in [1.29, 1.82) is 0 Å². The lowest BCUT2D eigenvalue weighted by molar-refractivity contribution is 0.386. The second-order valence-corrected chi connectivity index (χ2v) is 6.88. The van der Waals surface area contributed by atoms with Gasteiger partial charge in [-0.05, 0) is 43.7 Å². The van der Waals surface area contributed by atoms with Crippen molar-refractivity contribution in [3.05, 3.63) is 64.2 Å². The number of fused-ring (bicyclic) bond motifs is 1. The van der Waals surface area contributed by atoms with E-state index in [1.807, 2.05) is 38.1 Å². The van der Waals surface area contributed by atoms with Gasteiger partial charge in [-0.2, -0.15) is 0 Å². The monoisotopic (exact) mass is 358 g/mol. The van der Waals surface area contributed by atoms with E-state index in [-0.39, 0.29) is 17.4 Å². The first-order chi connectivity index (χ1) is 12.0. The fraction of sp³-hybridized carbons (Fsp3) is 0.263. The van der Waals surface area contributed by atoms with E-state index in [0.717, 1.165) is 5.56 Å². The van der Waals surface area contributed by atoms with E-state index in [4.69, 9.17) is 4.74 Å². The topological polar surface area (TPSA) is 44.1 Å². The number of methoxy groups -OCH3 is 1. The van der Waals surface area contributed by atoms with Gasteiger partial charge in [0.25, 0.3) is 5.56 Å². The Hall–Kier alpha value is -2.34. The number of halogens is 1. The molecule has 1 heterocycles. The Bertz CT molecular complexity index is 969. The molecule has 0 aliphatic carbocycles. The van der Waals surface area contributed by atoms with Crippen molar-refractivity contribution >= 4 is 22.7 Å². The van der Waals surface area contributed by atoms with Gasteiger partial charge in [-0.25, -0.2) is 9.37 Å². The van der Waals surface area contributed by atoms with Crippen molar-refractivity contribution in [2.24, 2.45) is 0 Å². The number of hydrogen-bond acceptors (Lipinski definition) is 4. The van der Waals surface area contributed by atoms with Gasteiger partial charge < -0.3 is 4.74 Å². The van der Waals surface area contributed by atoms with Gasteiger partial charge >= 0.3 is 0 Å². The maximum absolute atomic E-state index is 13.9. The molecule has 2 aromatic carbocycles. The zero-order valence-corrected chi connectivity index (χ0v) is 15.1. The molecule has 4 nitrogen and oxygen atoms in total. The highest BCUT2D eigenvalue weighted by Crippen LogP contribution is 2.26. The lowest BCUT2D eigenvalue weighted by atomic mass is 10.2. The minimum Gasteiger partial charge on any atom is -0.494 e. The first kappa shape index (κ1) is 17.5. The van der Waals surface area contributed by atoms with Gasteiger partial charge in [0.05, 0.1) is 18.0 Å². The van der Waals surface area contributed by atoms with Crippen LogP contribution in [0.15, 0.2) is 52.4 Å². The highest BCUT2D eigenvalue weighted by molar-refractivity contribution is 7.98. The number of ether oxygens (including phenoxy) is 1. The Kier molecular flexibility index (Phi) is 5.08. The SMILES string of the molecule is COc1ccc(CSc2nc3ccccc3c(=O)n2C(C)C)cc1F. The molecule has 0 unspecified atom stereocenters. The highest BCUT2D eigenvalue weighted by atomic mass is 32.2. The number of para-hydroxylation sites is 1. The lowest BCUT2D eigenvalue weighted by Crippen LogP contribution is -2.25. The average Bonchev–Trinajstić information content (AvgIpc) is 2.60. The van der Waals surface area contributed by atoms with Crippen LogP contribution in [0, 0.1) is 5.82 Å². The molecule has 3 rings (SSSR count). The third-order valence-corrected chi connectivity index (χ3v) is 4.90. The van der Waals surface area contributed by atoms with E-state index in [1.54, 1.807) is 16.7 Å². The van der Waals surface area contributed by atoms with Crippen LogP contribution in [0.2, 0.25) is 0 Å². The molecule has 130 valence electrons. The predicted molar refractivity (Wildman–Crippen MR) is 98.9 cm³/mol. The molecular formula is C19H19FN2O2S. The number of benzene rings is 2. The molecule has 3 aromatic rings. The van der Waals surface area contributed by atoms with Gasteiger partial charge in [0, 0.05) is 11.8 Å². The number of rotatable bonds is 5. The maximum Gasteiger partial charge on any atom is 0.262 e. The van der Waals surface area contributed by atoms with E-state index < -0.39 is 5.82 Å². The van der Waals surface area contributed by atoms with E-state index >= 15 is 0 Å². The van der Waals surface area contributed by atoms with Gasteiger partial charge in [-0.15, -0.1) is 0 Å². The Labute approximate surface area is 149 Å². The maximum atomic E-state index is 13.9. The molecule has 0 bridgehead atoms. The molecule has 0 spiro atoms. The quantitative estimate of drug-likeness (QED) is 0.500. The second kappa shape index (κ2) is 7.27. The van der Waals surface area contributed by atoms with E-state index in [0.29, 0.717) is 21.8 Å². The standard InChI is InChI=1S/C19H19FN2O2S/c1-12(2)22-18(23)14-6-4-5-7-16(14)21-19(22)25-11-13-8-9-17(24-3)15(20)10-13/h4-10,12H,11H2,1-3H3. The molecule has 0 N–H and O–H groups in total. The minimum atomic E-state index is -0.395. The van der Waals surface area contributed by atoms with Crippen LogP contribution in [-0.2, 0) is 5.75 Å². The molecule has 0 fully saturated rings. The van der Waals surface area contributed by atoms with E-state index in [2.05, 4.69) is 4.98 Å². The van der Waals surface area contributed by atoms with Crippen molar-refractivity contribution < 1.29 is 9.13 Å². The minimum absolute atomic E-state index is 0.0142. The Balaban J connectivity index is 1.96.